The Kier molecular flexibility index (Phi) is 2.78. The number of nitrogens with zero attached hydrogens (tertiary/aromatic N) is 1. The van der Waals surface area contributed by atoms with Crippen molar-refractivity contribution in [1.29, 1.82) is 0 Å². The number of ether oxygens (including phenoxy) is 1. The van der Waals surface area contributed by atoms with Crippen molar-refractivity contribution in [1.82, 2.24) is 9.88 Å². The Labute approximate surface area is 97.4 Å². The van der Waals surface area contributed by atoms with Crippen molar-refractivity contribution in [3.63, 3.8) is 0 Å². The van der Waals surface area contributed by atoms with Gasteiger partial charge in [0.1, 0.15) is 16.9 Å². The molecular formula is C9H11N3O3S. The SMILES string of the molecule is CCOC(=O)c1ccn2c1NC(S)NC2=O. The molecule has 0 fully saturated rings. The van der Waals surface area contributed by atoms with Gasteiger partial charge in [-0.15, -0.1) is 12.6 Å². The van der Waals surface area contributed by atoms with Crippen LogP contribution in [-0.2, 0) is 4.74 Å². The number of anilines is 1. The fourth-order valence-electron chi connectivity index (χ4n) is 1.47. The normalized spacial score (nSPS) is 18.4. The lowest BCUT2D eigenvalue weighted by molar-refractivity contribution is 0.0527. The number of hydrogen-bond acceptors (Lipinski definition) is 5. The summed E-state index contributed by atoms with van der Waals surface area (Å²) in [7, 11) is 0. The minimum atomic E-state index is -0.511. The molecule has 1 amide bonds. The summed E-state index contributed by atoms with van der Waals surface area (Å²) < 4.78 is 6.18. The van der Waals surface area contributed by atoms with Crippen LogP contribution >= 0.6 is 12.6 Å². The smallest absolute Gasteiger partial charge is 0.341 e. The van der Waals surface area contributed by atoms with E-state index in [0.717, 1.165) is 0 Å². The number of esters is 1. The lowest BCUT2D eigenvalue weighted by Gasteiger charge is -2.24. The first kappa shape index (κ1) is 10.9. The van der Waals surface area contributed by atoms with Gasteiger partial charge >= 0.3 is 12.0 Å². The molecule has 0 saturated carbocycles. The second-order valence-electron chi connectivity index (χ2n) is 3.16. The zero-order chi connectivity index (χ0) is 11.7. The number of amides is 1. The van der Waals surface area contributed by atoms with Gasteiger partial charge in [0.15, 0.2) is 0 Å². The van der Waals surface area contributed by atoms with E-state index in [2.05, 4.69) is 23.3 Å². The number of hydrogen-bond donors (Lipinski definition) is 3. The van der Waals surface area contributed by atoms with Crippen LogP contribution in [0, 0.1) is 0 Å². The molecule has 1 aliphatic heterocycles. The van der Waals surface area contributed by atoms with E-state index in [4.69, 9.17) is 4.74 Å². The number of carbonyl (C=O) groups is 2. The van der Waals surface area contributed by atoms with Crippen molar-refractivity contribution in [3.8, 4) is 0 Å². The Hall–Kier alpha value is -1.63. The van der Waals surface area contributed by atoms with E-state index in [-0.39, 0.29) is 6.03 Å². The highest BCUT2D eigenvalue weighted by Gasteiger charge is 2.26. The third-order valence-electron chi connectivity index (χ3n) is 2.13. The van der Waals surface area contributed by atoms with Gasteiger partial charge in [-0.05, 0) is 13.0 Å². The van der Waals surface area contributed by atoms with Crippen LogP contribution in [0.5, 0.6) is 0 Å². The van der Waals surface area contributed by atoms with Gasteiger partial charge in [0, 0.05) is 6.20 Å². The Morgan fingerprint density at radius 3 is 3.06 bits per heavy atom. The molecule has 0 saturated heterocycles. The Morgan fingerprint density at radius 1 is 1.62 bits per heavy atom. The molecule has 2 rings (SSSR count). The van der Waals surface area contributed by atoms with E-state index >= 15 is 0 Å². The van der Waals surface area contributed by atoms with E-state index in [0.29, 0.717) is 18.0 Å². The maximum absolute atomic E-state index is 11.6. The number of rotatable bonds is 2. The summed E-state index contributed by atoms with van der Waals surface area (Å²) in [6, 6.07) is 1.20. The largest absolute Gasteiger partial charge is 0.462 e. The average Bonchev–Trinajstić information content (AvgIpc) is 2.61. The van der Waals surface area contributed by atoms with Crippen molar-refractivity contribution in [2.75, 3.05) is 11.9 Å². The molecule has 16 heavy (non-hydrogen) atoms. The third kappa shape index (κ3) is 1.73. The predicted molar refractivity (Wildman–Crippen MR) is 60.7 cm³/mol. The molecule has 0 bridgehead atoms. The standard InChI is InChI=1S/C9H11N3O3S/c1-2-15-7(13)5-3-4-12-6(5)10-8(16)11-9(12)14/h3-4,8,10,16H,2H2,1H3,(H,11,14). The van der Waals surface area contributed by atoms with Gasteiger partial charge in [0.2, 0.25) is 0 Å². The molecule has 1 aliphatic rings. The fourth-order valence-corrected chi connectivity index (χ4v) is 1.71. The summed E-state index contributed by atoms with van der Waals surface area (Å²) in [6.45, 7) is 2.02. The first-order valence-corrected chi connectivity index (χ1v) is 5.29. The quantitative estimate of drug-likeness (QED) is 0.530. The van der Waals surface area contributed by atoms with E-state index < -0.39 is 11.5 Å². The molecule has 7 heteroatoms. The molecule has 0 spiro atoms. The lowest BCUT2D eigenvalue weighted by Crippen LogP contribution is -2.44. The van der Waals surface area contributed by atoms with Crippen LogP contribution in [0.2, 0.25) is 0 Å². The maximum atomic E-state index is 11.6. The molecule has 1 aromatic rings. The van der Waals surface area contributed by atoms with E-state index in [1.807, 2.05) is 0 Å². The van der Waals surface area contributed by atoms with E-state index in [1.165, 1.54) is 16.8 Å². The highest BCUT2D eigenvalue weighted by atomic mass is 32.1. The zero-order valence-corrected chi connectivity index (χ0v) is 9.45. The Bertz CT molecular complexity index is 443. The molecule has 1 unspecified atom stereocenters. The monoisotopic (exact) mass is 241 g/mol. The topological polar surface area (TPSA) is 72.4 Å². The van der Waals surface area contributed by atoms with Gasteiger partial charge in [-0.3, -0.25) is 4.57 Å². The number of carbonyl (C=O) groups excluding carboxylic acids is 2. The second-order valence-corrected chi connectivity index (χ2v) is 3.68. The predicted octanol–water partition coefficient (Wildman–Crippen LogP) is 0.861. The van der Waals surface area contributed by atoms with Gasteiger partial charge < -0.3 is 15.4 Å². The van der Waals surface area contributed by atoms with Crippen molar-refractivity contribution < 1.29 is 14.3 Å². The highest BCUT2D eigenvalue weighted by molar-refractivity contribution is 7.81. The van der Waals surface area contributed by atoms with Crippen LogP contribution in [0.15, 0.2) is 12.3 Å². The maximum Gasteiger partial charge on any atom is 0.341 e. The fraction of sp³-hybridized carbons (Fsp3) is 0.333. The summed E-state index contributed by atoms with van der Waals surface area (Å²) in [5.74, 6) is -0.0545. The van der Waals surface area contributed by atoms with Crippen LogP contribution in [0.25, 0.3) is 0 Å². The summed E-state index contributed by atoms with van der Waals surface area (Å²) in [4.78, 5) is 23.1. The lowest BCUT2D eigenvalue weighted by atomic mass is 10.3. The highest BCUT2D eigenvalue weighted by Crippen LogP contribution is 2.22. The van der Waals surface area contributed by atoms with E-state index in [1.54, 1.807) is 6.92 Å². The molecule has 0 aromatic carbocycles. The summed E-state index contributed by atoms with van der Waals surface area (Å²) in [5.41, 5.74) is -0.182. The summed E-state index contributed by atoms with van der Waals surface area (Å²) in [5, 5.41) is 5.42. The zero-order valence-electron chi connectivity index (χ0n) is 8.56. The molecule has 2 N–H and O–H groups in total. The number of aromatic nitrogens is 1. The summed E-state index contributed by atoms with van der Waals surface area (Å²) in [6.07, 6.45) is 1.50. The van der Waals surface area contributed by atoms with Crippen LogP contribution in [0.3, 0.4) is 0 Å². The minimum Gasteiger partial charge on any atom is -0.462 e. The minimum absolute atomic E-state index is 0.292. The Morgan fingerprint density at radius 2 is 2.38 bits per heavy atom. The molecule has 1 aromatic heterocycles. The van der Waals surface area contributed by atoms with Crippen LogP contribution in [-0.4, -0.2) is 28.7 Å². The van der Waals surface area contributed by atoms with Crippen LogP contribution < -0.4 is 10.6 Å². The Balaban J connectivity index is 2.36. The van der Waals surface area contributed by atoms with Crippen molar-refractivity contribution in [2.45, 2.75) is 12.4 Å². The van der Waals surface area contributed by atoms with Crippen molar-refractivity contribution in [2.24, 2.45) is 0 Å². The van der Waals surface area contributed by atoms with Crippen molar-refractivity contribution in [3.05, 3.63) is 17.8 Å². The summed E-state index contributed by atoms with van der Waals surface area (Å²) >= 11 is 4.08. The number of nitrogens with one attached hydrogen (secondary N) is 2. The molecule has 6 nitrogen and oxygen atoms in total. The van der Waals surface area contributed by atoms with Gasteiger partial charge in [-0.2, -0.15) is 0 Å². The van der Waals surface area contributed by atoms with Crippen LogP contribution in [0.4, 0.5) is 10.6 Å². The van der Waals surface area contributed by atoms with Crippen LogP contribution in [0.1, 0.15) is 17.3 Å². The second kappa shape index (κ2) is 4.09. The molecule has 86 valence electrons. The molecule has 0 aliphatic carbocycles. The molecular weight excluding hydrogens is 230 g/mol. The number of thiol groups is 1. The van der Waals surface area contributed by atoms with Gasteiger partial charge in [-0.1, -0.05) is 0 Å². The molecule has 0 radical (unpaired) electrons. The molecule has 2 heterocycles. The first-order valence-electron chi connectivity index (χ1n) is 4.77. The van der Waals surface area contributed by atoms with Gasteiger partial charge in [-0.25, -0.2) is 9.59 Å². The van der Waals surface area contributed by atoms with Gasteiger partial charge in [0.25, 0.3) is 0 Å². The van der Waals surface area contributed by atoms with Crippen molar-refractivity contribution >= 4 is 30.4 Å². The average molecular weight is 241 g/mol. The van der Waals surface area contributed by atoms with E-state index in [9.17, 15) is 9.59 Å². The van der Waals surface area contributed by atoms with Gasteiger partial charge in [0.05, 0.1) is 6.61 Å². The number of fused-ring (bicyclic) bond motifs is 1. The third-order valence-corrected chi connectivity index (χ3v) is 2.39. The molecule has 1 atom stereocenters. The first-order chi connectivity index (χ1) is 7.63.